The van der Waals surface area contributed by atoms with Crippen LogP contribution in [0.3, 0.4) is 0 Å². The van der Waals surface area contributed by atoms with Gasteiger partial charge in [-0.25, -0.2) is 4.79 Å². The van der Waals surface area contributed by atoms with Crippen molar-refractivity contribution in [3.05, 3.63) is 94.5 Å². The Morgan fingerprint density at radius 1 is 0.974 bits per heavy atom. The standard InChI is InChI=1S/C32H36N4O3/c1-32(2,3)35-31(39)36-15-14-25-24(21-10-7-11-22(16-21)29(33)37)13-12-23(28(25)19-36)18-34-30(38)27-17-26(27)20-8-5-4-6-9-20/h4-13,16,26-27H,14-15,17-19H2,1-3H3,(H2,33,37)(H,34,38)(H,35,39)/t26-,27+/m0/s1. The van der Waals surface area contributed by atoms with Gasteiger partial charge in [-0.05, 0) is 85.0 Å². The van der Waals surface area contributed by atoms with Gasteiger partial charge in [-0.1, -0.05) is 54.6 Å². The number of hydrogen-bond acceptors (Lipinski definition) is 3. The SMILES string of the molecule is CC(C)(C)NC(=O)N1CCc2c(-c3cccc(C(N)=O)c3)ccc(CNC(=O)[C@@H]3C[C@H]3c3ccccc3)c2C1. The average Bonchev–Trinajstić information content (AvgIpc) is 3.72. The van der Waals surface area contributed by atoms with Gasteiger partial charge >= 0.3 is 6.03 Å². The van der Waals surface area contributed by atoms with Gasteiger partial charge in [0.25, 0.3) is 0 Å². The Labute approximate surface area is 229 Å². The molecule has 3 aromatic carbocycles. The van der Waals surface area contributed by atoms with Crippen molar-refractivity contribution < 1.29 is 14.4 Å². The normalized spacial score (nSPS) is 18.2. The van der Waals surface area contributed by atoms with Crippen LogP contribution in [0, 0.1) is 5.92 Å². The number of carbonyl (C=O) groups is 3. The molecule has 2 atom stereocenters. The van der Waals surface area contributed by atoms with E-state index in [0.29, 0.717) is 31.6 Å². The summed E-state index contributed by atoms with van der Waals surface area (Å²) < 4.78 is 0. The van der Waals surface area contributed by atoms with Crippen LogP contribution >= 0.6 is 0 Å². The van der Waals surface area contributed by atoms with Crippen LogP contribution in [0.2, 0.25) is 0 Å². The highest BCUT2D eigenvalue weighted by atomic mass is 16.2. The predicted molar refractivity (Wildman–Crippen MR) is 152 cm³/mol. The lowest BCUT2D eigenvalue weighted by Gasteiger charge is -2.34. The van der Waals surface area contributed by atoms with Crippen LogP contribution in [0.15, 0.2) is 66.7 Å². The second-order valence-electron chi connectivity index (χ2n) is 11.6. The van der Waals surface area contributed by atoms with Crippen LogP contribution in [0.5, 0.6) is 0 Å². The molecule has 1 aliphatic carbocycles. The van der Waals surface area contributed by atoms with Crippen molar-refractivity contribution in [1.82, 2.24) is 15.5 Å². The maximum absolute atomic E-state index is 13.0. The van der Waals surface area contributed by atoms with Gasteiger partial charge in [0.2, 0.25) is 11.8 Å². The quantitative estimate of drug-likeness (QED) is 0.434. The molecule has 5 rings (SSSR count). The maximum Gasteiger partial charge on any atom is 0.318 e. The molecule has 1 fully saturated rings. The van der Waals surface area contributed by atoms with E-state index in [1.54, 1.807) is 6.07 Å². The van der Waals surface area contributed by atoms with Crippen molar-refractivity contribution in [2.45, 2.75) is 58.2 Å². The van der Waals surface area contributed by atoms with E-state index in [0.717, 1.165) is 34.2 Å². The van der Waals surface area contributed by atoms with Crippen LogP contribution in [-0.2, 0) is 24.3 Å². The summed E-state index contributed by atoms with van der Waals surface area (Å²) in [5.74, 6) is -0.136. The van der Waals surface area contributed by atoms with Crippen molar-refractivity contribution in [2.75, 3.05) is 6.54 Å². The van der Waals surface area contributed by atoms with E-state index in [1.165, 1.54) is 5.56 Å². The summed E-state index contributed by atoms with van der Waals surface area (Å²) in [6.07, 6.45) is 1.54. The molecule has 1 heterocycles. The topological polar surface area (TPSA) is 105 Å². The van der Waals surface area contributed by atoms with E-state index >= 15 is 0 Å². The lowest BCUT2D eigenvalue weighted by Crippen LogP contribution is -2.50. The number of rotatable bonds is 6. The zero-order valence-electron chi connectivity index (χ0n) is 22.8. The Hall–Kier alpha value is -4.13. The second kappa shape index (κ2) is 10.6. The number of nitrogens with zero attached hydrogens (tertiary/aromatic N) is 1. The van der Waals surface area contributed by atoms with Crippen LogP contribution in [0.25, 0.3) is 11.1 Å². The van der Waals surface area contributed by atoms with Crippen molar-refractivity contribution in [3.8, 4) is 11.1 Å². The van der Waals surface area contributed by atoms with E-state index < -0.39 is 5.91 Å². The molecule has 1 aliphatic heterocycles. The Kier molecular flexibility index (Phi) is 7.17. The van der Waals surface area contributed by atoms with Gasteiger partial charge in [0.05, 0.1) is 0 Å². The smallest absolute Gasteiger partial charge is 0.318 e. The highest BCUT2D eigenvalue weighted by Gasteiger charge is 2.43. The molecule has 4 amide bonds. The zero-order chi connectivity index (χ0) is 27.7. The number of carbonyl (C=O) groups excluding carboxylic acids is 3. The molecular weight excluding hydrogens is 488 g/mol. The molecule has 0 unspecified atom stereocenters. The van der Waals surface area contributed by atoms with Crippen LogP contribution in [0.4, 0.5) is 4.79 Å². The Bertz CT molecular complexity index is 1410. The number of fused-ring (bicyclic) bond motifs is 1. The Morgan fingerprint density at radius 3 is 2.46 bits per heavy atom. The van der Waals surface area contributed by atoms with E-state index in [2.05, 4.69) is 28.8 Å². The van der Waals surface area contributed by atoms with Crippen LogP contribution in [-0.4, -0.2) is 34.8 Å². The predicted octanol–water partition coefficient (Wildman–Crippen LogP) is 4.74. The van der Waals surface area contributed by atoms with Gasteiger partial charge in [0, 0.05) is 36.7 Å². The monoisotopic (exact) mass is 524 g/mol. The van der Waals surface area contributed by atoms with Crippen LogP contribution < -0.4 is 16.4 Å². The van der Waals surface area contributed by atoms with Gasteiger partial charge in [0.1, 0.15) is 0 Å². The van der Waals surface area contributed by atoms with Gasteiger partial charge in [-0.15, -0.1) is 0 Å². The van der Waals surface area contributed by atoms with Gasteiger partial charge < -0.3 is 21.3 Å². The van der Waals surface area contributed by atoms with Crippen LogP contribution in [0.1, 0.15) is 65.7 Å². The minimum absolute atomic E-state index is 0.00639. The molecule has 4 N–H and O–H groups in total. The Morgan fingerprint density at radius 2 is 1.74 bits per heavy atom. The summed E-state index contributed by atoms with van der Waals surface area (Å²) in [7, 11) is 0. The van der Waals surface area contributed by atoms with Gasteiger partial charge in [-0.2, -0.15) is 0 Å². The molecule has 7 nitrogen and oxygen atoms in total. The molecular formula is C32H36N4O3. The van der Waals surface area contributed by atoms with Crippen molar-refractivity contribution in [2.24, 2.45) is 11.7 Å². The minimum Gasteiger partial charge on any atom is -0.366 e. The number of primary amides is 1. The van der Waals surface area contributed by atoms with E-state index in [9.17, 15) is 14.4 Å². The second-order valence-corrected chi connectivity index (χ2v) is 11.6. The van der Waals surface area contributed by atoms with E-state index in [1.807, 2.05) is 68.1 Å². The zero-order valence-corrected chi connectivity index (χ0v) is 22.8. The first-order valence-electron chi connectivity index (χ1n) is 13.5. The molecule has 0 bridgehead atoms. The molecule has 39 heavy (non-hydrogen) atoms. The molecule has 7 heteroatoms. The highest BCUT2D eigenvalue weighted by molar-refractivity contribution is 5.94. The number of benzene rings is 3. The minimum atomic E-state index is -0.469. The summed E-state index contributed by atoms with van der Waals surface area (Å²) in [5, 5.41) is 6.22. The van der Waals surface area contributed by atoms with E-state index in [-0.39, 0.29) is 29.3 Å². The first-order chi connectivity index (χ1) is 18.6. The van der Waals surface area contributed by atoms with Crippen molar-refractivity contribution in [3.63, 3.8) is 0 Å². The molecule has 2 aliphatic rings. The largest absolute Gasteiger partial charge is 0.366 e. The molecule has 0 spiro atoms. The van der Waals surface area contributed by atoms with Crippen molar-refractivity contribution in [1.29, 1.82) is 0 Å². The number of amides is 4. The summed E-state index contributed by atoms with van der Waals surface area (Å²) in [5.41, 5.74) is 12.0. The lowest BCUT2D eigenvalue weighted by atomic mass is 9.87. The molecule has 202 valence electrons. The molecule has 1 saturated carbocycles. The summed E-state index contributed by atoms with van der Waals surface area (Å²) in [6, 6.07) is 21.5. The van der Waals surface area contributed by atoms with Crippen molar-refractivity contribution >= 4 is 17.8 Å². The fourth-order valence-corrected chi connectivity index (χ4v) is 5.46. The average molecular weight is 525 g/mol. The molecule has 3 aromatic rings. The third-order valence-electron chi connectivity index (χ3n) is 7.54. The number of hydrogen-bond donors (Lipinski definition) is 3. The highest BCUT2D eigenvalue weighted by Crippen LogP contribution is 2.47. The Balaban J connectivity index is 1.40. The molecule has 0 radical (unpaired) electrons. The first kappa shape index (κ1) is 26.5. The lowest BCUT2D eigenvalue weighted by molar-refractivity contribution is -0.122. The number of nitrogens with two attached hydrogens (primary N) is 1. The summed E-state index contributed by atoms with van der Waals surface area (Å²) in [4.78, 5) is 39.7. The maximum atomic E-state index is 13.0. The molecule has 0 aromatic heterocycles. The number of nitrogens with one attached hydrogen (secondary N) is 2. The summed E-state index contributed by atoms with van der Waals surface area (Å²) >= 11 is 0. The fraction of sp³-hybridized carbons (Fsp3) is 0.344. The third kappa shape index (κ3) is 5.98. The third-order valence-corrected chi connectivity index (χ3v) is 7.54. The number of urea groups is 1. The molecule has 0 saturated heterocycles. The van der Waals surface area contributed by atoms with Gasteiger partial charge in [-0.3, -0.25) is 9.59 Å². The van der Waals surface area contributed by atoms with E-state index in [4.69, 9.17) is 5.73 Å². The van der Waals surface area contributed by atoms with Gasteiger partial charge in [0.15, 0.2) is 0 Å². The summed E-state index contributed by atoms with van der Waals surface area (Å²) in [6.45, 7) is 7.32. The fourth-order valence-electron chi connectivity index (χ4n) is 5.46. The first-order valence-corrected chi connectivity index (χ1v) is 13.5.